The number of benzene rings is 2. The number of rotatable bonds is 2. The van der Waals surface area contributed by atoms with Crippen LogP contribution in [0, 0.1) is 0 Å². The van der Waals surface area contributed by atoms with Crippen LogP contribution in [0.1, 0.15) is 18.9 Å². The highest BCUT2D eigenvalue weighted by Gasteiger charge is 2.13. The molecule has 2 aromatic carbocycles. The fourth-order valence-electron chi connectivity index (χ4n) is 2.61. The maximum Gasteiger partial charge on any atom is 0.0449 e. The fourth-order valence-corrected chi connectivity index (χ4v) is 2.61. The van der Waals surface area contributed by atoms with Crippen LogP contribution in [0.4, 0.5) is 5.69 Å². The number of nitrogens with zero attached hydrogens (tertiary/aromatic N) is 1. The zero-order valence-corrected chi connectivity index (χ0v) is 10.2. The van der Waals surface area contributed by atoms with Crippen molar-refractivity contribution in [3.05, 3.63) is 48.0 Å². The van der Waals surface area contributed by atoms with Crippen molar-refractivity contribution in [3.63, 3.8) is 0 Å². The van der Waals surface area contributed by atoms with Crippen LogP contribution < -0.4 is 4.90 Å². The average molecular weight is 223 g/mol. The van der Waals surface area contributed by atoms with E-state index in [1.165, 1.54) is 28.4 Å². The van der Waals surface area contributed by atoms with Crippen LogP contribution in [0.3, 0.4) is 0 Å². The van der Waals surface area contributed by atoms with Gasteiger partial charge < -0.3 is 4.90 Å². The predicted octanol–water partition coefficient (Wildman–Crippen LogP) is 4.08. The van der Waals surface area contributed by atoms with Gasteiger partial charge >= 0.3 is 0 Å². The largest absolute Gasteiger partial charge is 0.367 e. The molecule has 0 spiro atoms. The van der Waals surface area contributed by atoms with Gasteiger partial charge in [0.05, 0.1) is 0 Å². The summed E-state index contributed by atoms with van der Waals surface area (Å²) in [7, 11) is 0. The Labute approximate surface area is 102 Å². The van der Waals surface area contributed by atoms with E-state index in [0.29, 0.717) is 0 Å². The Balaban J connectivity index is 2.20. The monoisotopic (exact) mass is 223 g/mol. The molecule has 0 atom stereocenters. The van der Waals surface area contributed by atoms with E-state index in [1.807, 2.05) is 0 Å². The number of anilines is 1. The molecule has 0 unspecified atom stereocenters. The van der Waals surface area contributed by atoms with Gasteiger partial charge in [0.25, 0.3) is 0 Å². The molecule has 0 aromatic heterocycles. The van der Waals surface area contributed by atoms with E-state index in [2.05, 4.69) is 60.4 Å². The minimum atomic E-state index is 1.04. The molecule has 0 N–H and O–H groups in total. The van der Waals surface area contributed by atoms with Crippen molar-refractivity contribution >= 4 is 22.5 Å². The van der Waals surface area contributed by atoms with Crippen molar-refractivity contribution in [1.29, 1.82) is 0 Å². The van der Waals surface area contributed by atoms with E-state index < -0.39 is 0 Å². The van der Waals surface area contributed by atoms with Crippen LogP contribution in [0.25, 0.3) is 16.8 Å². The SMILES string of the molecule is CCCN1CC=Cc2c1ccc1ccccc21. The molecule has 1 heteroatoms. The second-order valence-electron chi connectivity index (χ2n) is 4.57. The summed E-state index contributed by atoms with van der Waals surface area (Å²) >= 11 is 0. The van der Waals surface area contributed by atoms with E-state index in [0.717, 1.165) is 13.1 Å². The number of fused-ring (bicyclic) bond motifs is 3. The Morgan fingerprint density at radius 1 is 1.12 bits per heavy atom. The maximum atomic E-state index is 2.46. The van der Waals surface area contributed by atoms with Gasteiger partial charge in [-0.3, -0.25) is 0 Å². The molecule has 1 heterocycles. The first-order valence-electron chi connectivity index (χ1n) is 6.33. The zero-order valence-electron chi connectivity index (χ0n) is 10.2. The number of hydrogen-bond acceptors (Lipinski definition) is 1. The molecule has 0 saturated carbocycles. The van der Waals surface area contributed by atoms with E-state index in [4.69, 9.17) is 0 Å². The Morgan fingerprint density at radius 3 is 2.88 bits per heavy atom. The minimum absolute atomic E-state index is 1.04. The standard InChI is InChI=1S/C16H17N/c1-2-11-17-12-5-8-15-14-7-4-3-6-13(14)9-10-16(15)17/h3-10H,2,11-12H2,1H3. The lowest BCUT2D eigenvalue weighted by Gasteiger charge is -2.28. The molecular formula is C16H17N. The van der Waals surface area contributed by atoms with Crippen molar-refractivity contribution in [1.82, 2.24) is 0 Å². The second-order valence-corrected chi connectivity index (χ2v) is 4.57. The minimum Gasteiger partial charge on any atom is -0.367 e. The van der Waals surface area contributed by atoms with Gasteiger partial charge in [-0.2, -0.15) is 0 Å². The van der Waals surface area contributed by atoms with Gasteiger partial charge in [-0.25, -0.2) is 0 Å². The average Bonchev–Trinajstić information content (AvgIpc) is 2.39. The lowest BCUT2D eigenvalue weighted by molar-refractivity contribution is 0.813. The second kappa shape index (κ2) is 4.25. The third-order valence-electron chi connectivity index (χ3n) is 3.39. The van der Waals surface area contributed by atoms with Gasteiger partial charge in [-0.05, 0) is 23.3 Å². The van der Waals surface area contributed by atoms with Crippen molar-refractivity contribution in [2.45, 2.75) is 13.3 Å². The van der Waals surface area contributed by atoms with E-state index in [-0.39, 0.29) is 0 Å². The fraction of sp³-hybridized carbons (Fsp3) is 0.250. The molecule has 1 aliphatic rings. The summed E-state index contributed by atoms with van der Waals surface area (Å²) in [6.45, 7) is 4.41. The van der Waals surface area contributed by atoms with E-state index >= 15 is 0 Å². The molecule has 0 saturated heterocycles. The van der Waals surface area contributed by atoms with Crippen molar-refractivity contribution in [3.8, 4) is 0 Å². The summed E-state index contributed by atoms with van der Waals surface area (Å²) in [5.41, 5.74) is 2.76. The first-order valence-corrected chi connectivity index (χ1v) is 6.33. The molecule has 0 bridgehead atoms. The topological polar surface area (TPSA) is 3.24 Å². The van der Waals surface area contributed by atoms with Crippen molar-refractivity contribution in [2.75, 3.05) is 18.0 Å². The van der Waals surface area contributed by atoms with Crippen LogP contribution in [-0.2, 0) is 0 Å². The Hall–Kier alpha value is -1.76. The molecular weight excluding hydrogens is 206 g/mol. The first kappa shape index (κ1) is 10.4. The number of hydrogen-bond donors (Lipinski definition) is 0. The summed E-state index contributed by atoms with van der Waals surface area (Å²) in [4.78, 5) is 2.46. The Bertz CT molecular complexity index is 569. The van der Waals surface area contributed by atoms with E-state index in [9.17, 15) is 0 Å². The quantitative estimate of drug-likeness (QED) is 0.741. The highest BCUT2D eigenvalue weighted by molar-refractivity contribution is 5.96. The summed E-state index contributed by atoms with van der Waals surface area (Å²) in [6, 6.07) is 13.1. The Kier molecular flexibility index (Phi) is 2.60. The van der Waals surface area contributed by atoms with Gasteiger partial charge in [0.1, 0.15) is 0 Å². The zero-order chi connectivity index (χ0) is 11.7. The van der Waals surface area contributed by atoms with Gasteiger partial charge in [-0.15, -0.1) is 0 Å². The first-order chi connectivity index (χ1) is 8.40. The third kappa shape index (κ3) is 1.72. The molecule has 0 aliphatic carbocycles. The van der Waals surface area contributed by atoms with Crippen LogP contribution in [0.5, 0.6) is 0 Å². The van der Waals surface area contributed by atoms with Crippen LogP contribution in [-0.4, -0.2) is 13.1 Å². The van der Waals surface area contributed by atoms with Crippen LogP contribution in [0.2, 0.25) is 0 Å². The van der Waals surface area contributed by atoms with Gasteiger partial charge in [0.2, 0.25) is 0 Å². The van der Waals surface area contributed by atoms with Crippen molar-refractivity contribution < 1.29 is 0 Å². The summed E-state index contributed by atoms with van der Waals surface area (Å²) in [5, 5.41) is 2.69. The molecule has 1 nitrogen and oxygen atoms in total. The van der Waals surface area contributed by atoms with Gasteiger partial charge in [0, 0.05) is 24.3 Å². The molecule has 17 heavy (non-hydrogen) atoms. The Morgan fingerprint density at radius 2 is 2.00 bits per heavy atom. The summed E-state index contributed by atoms with van der Waals surface area (Å²) in [6.07, 6.45) is 5.73. The molecule has 2 aromatic rings. The summed E-state index contributed by atoms with van der Waals surface area (Å²) in [5.74, 6) is 0. The highest BCUT2D eigenvalue weighted by Crippen LogP contribution is 2.32. The van der Waals surface area contributed by atoms with Gasteiger partial charge in [0.15, 0.2) is 0 Å². The van der Waals surface area contributed by atoms with Crippen molar-refractivity contribution in [2.24, 2.45) is 0 Å². The van der Waals surface area contributed by atoms with Gasteiger partial charge in [-0.1, -0.05) is 49.4 Å². The smallest absolute Gasteiger partial charge is 0.0449 e. The molecule has 0 radical (unpaired) electrons. The third-order valence-corrected chi connectivity index (χ3v) is 3.39. The predicted molar refractivity (Wildman–Crippen MR) is 75.5 cm³/mol. The molecule has 86 valence electrons. The van der Waals surface area contributed by atoms with E-state index in [1.54, 1.807) is 0 Å². The highest BCUT2D eigenvalue weighted by atomic mass is 15.1. The summed E-state index contributed by atoms with van der Waals surface area (Å²) < 4.78 is 0. The lowest BCUT2D eigenvalue weighted by atomic mass is 9.99. The molecule has 0 fully saturated rings. The maximum absolute atomic E-state index is 2.46. The van der Waals surface area contributed by atoms with Crippen LogP contribution in [0.15, 0.2) is 42.5 Å². The molecule has 3 rings (SSSR count). The van der Waals surface area contributed by atoms with Crippen LogP contribution >= 0.6 is 0 Å². The molecule has 1 aliphatic heterocycles. The normalized spacial score (nSPS) is 14.1. The lowest BCUT2D eigenvalue weighted by Crippen LogP contribution is -2.26. The molecule has 0 amide bonds.